The molecule has 4 nitrogen and oxygen atoms in total. The van der Waals surface area contributed by atoms with Crippen molar-refractivity contribution < 1.29 is 0 Å². The Hall–Kier alpha value is -2.33. The molecule has 0 spiro atoms. The van der Waals surface area contributed by atoms with Gasteiger partial charge in [0.25, 0.3) is 0 Å². The van der Waals surface area contributed by atoms with E-state index in [1.165, 1.54) is 54.9 Å². The Balaban J connectivity index is 1.60. The third-order valence-electron chi connectivity index (χ3n) is 5.54. The molecule has 0 unspecified atom stereocenters. The van der Waals surface area contributed by atoms with Crippen LogP contribution in [0.5, 0.6) is 0 Å². The fourth-order valence-electron chi connectivity index (χ4n) is 4.21. The molecule has 4 heteroatoms. The molecular formula is C21H24N4. The number of imidazole rings is 1. The maximum Gasteiger partial charge on any atom is 0.137 e. The molecule has 4 heterocycles. The highest BCUT2D eigenvalue weighted by Gasteiger charge is 2.20. The average molecular weight is 332 g/mol. The van der Waals surface area contributed by atoms with E-state index in [9.17, 15) is 0 Å². The molecule has 0 aliphatic carbocycles. The van der Waals surface area contributed by atoms with Gasteiger partial charge in [0, 0.05) is 30.5 Å². The fourth-order valence-corrected chi connectivity index (χ4v) is 4.21. The van der Waals surface area contributed by atoms with Gasteiger partial charge in [-0.25, -0.2) is 4.98 Å². The van der Waals surface area contributed by atoms with Crippen molar-refractivity contribution in [1.82, 2.24) is 14.3 Å². The molecule has 2 aliphatic rings. The van der Waals surface area contributed by atoms with Crippen LogP contribution in [0.25, 0.3) is 16.9 Å². The molecule has 1 N–H and O–H groups in total. The fraction of sp³-hybridized carbons (Fsp3) is 0.381. The van der Waals surface area contributed by atoms with Crippen molar-refractivity contribution in [3.63, 3.8) is 0 Å². The summed E-state index contributed by atoms with van der Waals surface area (Å²) in [5, 5.41) is 3.45. The molecule has 2 aromatic heterocycles. The molecule has 0 bridgehead atoms. The quantitative estimate of drug-likeness (QED) is 0.788. The largest absolute Gasteiger partial charge is 0.384 e. The van der Waals surface area contributed by atoms with E-state index in [0.717, 1.165) is 30.9 Å². The summed E-state index contributed by atoms with van der Waals surface area (Å²) >= 11 is 0. The number of pyridine rings is 1. The summed E-state index contributed by atoms with van der Waals surface area (Å²) in [6, 6.07) is 13.0. The molecule has 0 amide bonds. The minimum Gasteiger partial charge on any atom is -0.384 e. The van der Waals surface area contributed by atoms with Gasteiger partial charge in [-0.1, -0.05) is 18.6 Å². The van der Waals surface area contributed by atoms with Crippen LogP contribution in [-0.4, -0.2) is 33.9 Å². The van der Waals surface area contributed by atoms with Crippen LogP contribution in [0.4, 0.5) is 5.69 Å². The number of aromatic nitrogens is 2. The summed E-state index contributed by atoms with van der Waals surface area (Å²) < 4.78 is 2.27. The molecule has 1 aromatic carbocycles. The molecule has 1 fully saturated rings. The lowest BCUT2D eigenvalue weighted by atomic mass is 10.0. The number of piperidine rings is 1. The van der Waals surface area contributed by atoms with Crippen LogP contribution in [0.3, 0.4) is 0 Å². The number of hydrogen-bond acceptors (Lipinski definition) is 3. The Morgan fingerprint density at radius 2 is 1.96 bits per heavy atom. The zero-order chi connectivity index (χ0) is 16.6. The van der Waals surface area contributed by atoms with Crippen LogP contribution in [0, 0.1) is 0 Å². The topological polar surface area (TPSA) is 32.6 Å². The summed E-state index contributed by atoms with van der Waals surface area (Å²) in [6.45, 7) is 4.43. The molecule has 1 saturated heterocycles. The van der Waals surface area contributed by atoms with Crippen molar-refractivity contribution >= 4 is 11.3 Å². The van der Waals surface area contributed by atoms with E-state index in [0.29, 0.717) is 0 Å². The lowest BCUT2D eigenvalue weighted by Gasteiger charge is -2.26. The van der Waals surface area contributed by atoms with Gasteiger partial charge in [-0.05, 0) is 62.2 Å². The number of benzene rings is 1. The number of fused-ring (bicyclic) bond motifs is 2. The predicted octanol–water partition coefficient (Wildman–Crippen LogP) is 3.96. The van der Waals surface area contributed by atoms with E-state index in [-0.39, 0.29) is 0 Å². The molecule has 0 radical (unpaired) electrons. The predicted molar refractivity (Wildman–Crippen MR) is 102 cm³/mol. The zero-order valence-corrected chi connectivity index (χ0v) is 14.5. The number of hydrogen-bond donors (Lipinski definition) is 1. The molecule has 0 saturated carbocycles. The molecule has 25 heavy (non-hydrogen) atoms. The molecular weight excluding hydrogens is 308 g/mol. The molecule has 3 aromatic rings. The first-order valence-corrected chi connectivity index (χ1v) is 9.44. The lowest BCUT2D eigenvalue weighted by molar-refractivity contribution is 0.218. The van der Waals surface area contributed by atoms with Crippen molar-refractivity contribution in [3.05, 3.63) is 53.9 Å². The summed E-state index contributed by atoms with van der Waals surface area (Å²) in [4.78, 5) is 7.57. The van der Waals surface area contributed by atoms with Crippen molar-refractivity contribution in [2.45, 2.75) is 32.2 Å². The van der Waals surface area contributed by atoms with Crippen LogP contribution in [0.15, 0.2) is 42.6 Å². The summed E-state index contributed by atoms with van der Waals surface area (Å²) in [6.07, 6.45) is 7.26. The number of likely N-dealkylation sites (tertiary alicyclic amines) is 1. The molecule has 128 valence electrons. The van der Waals surface area contributed by atoms with Gasteiger partial charge in [0.05, 0.1) is 11.4 Å². The normalized spacial score (nSPS) is 17.6. The molecule has 2 aliphatic heterocycles. The molecule has 0 atom stereocenters. The van der Waals surface area contributed by atoms with E-state index < -0.39 is 0 Å². The standard InChI is InChI=1S/C21H24N4/c1-3-11-24(12-4-1)15-19-21(23-20-6-2-5-13-25(19)20)17-7-8-18-16(14-17)9-10-22-18/h2,5-8,13-14,22H,1,3-4,9-12,15H2. The Bertz CT molecular complexity index is 905. The van der Waals surface area contributed by atoms with Crippen molar-refractivity contribution in [2.24, 2.45) is 0 Å². The SMILES string of the molecule is c1ccn2c(CN3CCCCC3)c(-c3ccc4c(c3)CCN4)nc2c1. The van der Waals surface area contributed by atoms with Crippen molar-refractivity contribution in [2.75, 3.05) is 25.0 Å². The van der Waals surface area contributed by atoms with Crippen LogP contribution in [-0.2, 0) is 13.0 Å². The van der Waals surface area contributed by atoms with E-state index in [1.54, 1.807) is 0 Å². The number of anilines is 1. The average Bonchev–Trinajstić information content (AvgIpc) is 3.27. The second-order valence-electron chi connectivity index (χ2n) is 7.22. The highest BCUT2D eigenvalue weighted by molar-refractivity contribution is 5.71. The smallest absolute Gasteiger partial charge is 0.137 e. The zero-order valence-electron chi connectivity index (χ0n) is 14.5. The van der Waals surface area contributed by atoms with Crippen LogP contribution >= 0.6 is 0 Å². The lowest BCUT2D eigenvalue weighted by Crippen LogP contribution is -2.29. The minimum atomic E-state index is 0.982. The van der Waals surface area contributed by atoms with Crippen molar-refractivity contribution in [1.29, 1.82) is 0 Å². The second-order valence-corrected chi connectivity index (χ2v) is 7.22. The maximum atomic E-state index is 4.99. The number of rotatable bonds is 3. The molecule has 5 rings (SSSR count). The minimum absolute atomic E-state index is 0.982. The number of nitrogens with zero attached hydrogens (tertiary/aromatic N) is 3. The summed E-state index contributed by atoms with van der Waals surface area (Å²) in [7, 11) is 0. The van der Waals surface area contributed by atoms with Gasteiger partial charge in [0.15, 0.2) is 0 Å². The summed E-state index contributed by atoms with van der Waals surface area (Å²) in [5.41, 5.74) is 7.46. The second kappa shape index (κ2) is 6.19. The highest BCUT2D eigenvalue weighted by Crippen LogP contribution is 2.31. The van der Waals surface area contributed by atoms with Crippen molar-refractivity contribution in [3.8, 4) is 11.3 Å². The van der Waals surface area contributed by atoms with Gasteiger partial charge >= 0.3 is 0 Å². The van der Waals surface area contributed by atoms with Gasteiger partial charge < -0.3 is 9.72 Å². The van der Waals surface area contributed by atoms with E-state index >= 15 is 0 Å². The van der Waals surface area contributed by atoms with E-state index in [2.05, 4.69) is 57.2 Å². The first-order chi connectivity index (χ1) is 12.4. The monoisotopic (exact) mass is 332 g/mol. The third-order valence-corrected chi connectivity index (χ3v) is 5.54. The maximum absolute atomic E-state index is 4.99. The van der Waals surface area contributed by atoms with Crippen LogP contribution < -0.4 is 5.32 Å². The first-order valence-electron chi connectivity index (χ1n) is 9.44. The van der Waals surface area contributed by atoms with Gasteiger partial charge in [-0.3, -0.25) is 4.90 Å². The third kappa shape index (κ3) is 2.71. The van der Waals surface area contributed by atoms with E-state index in [4.69, 9.17) is 4.98 Å². The first kappa shape index (κ1) is 15.0. The van der Waals surface area contributed by atoms with Gasteiger partial charge in [-0.15, -0.1) is 0 Å². The summed E-state index contributed by atoms with van der Waals surface area (Å²) in [5.74, 6) is 0. The Labute approximate surface area is 148 Å². The highest BCUT2D eigenvalue weighted by atomic mass is 15.2. The Kier molecular flexibility index (Phi) is 3.71. The van der Waals surface area contributed by atoms with Gasteiger partial charge in [0.1, 0.15) is 5.65 Å². The van der Waals surface area contributed by atoms with Gasteiger partial charge in [-0.2, -0.15) is 0 Å². The van der Waals surface area contributed by atoms with E-state index in [1.807, 2.05) is 0 Å². The Morgan fingerprint density at radius 1 is 1.04 bits per heavy atom. The van der Waals surface area contributed by atoms with Gasteiger partial charge in [0.2, 0.25) is 0 Å². The Morgan fingerprint density at radius 3 is 2.88 bits per heavy atom. The number of nitrogens with one attached hydrogen (secondary N) is 1. The van der Waals surface area contributed by atoms with Crippen LogP contribution in [0.2, 0.25) is 0 Å². The van der Waals surface area contributed by atoms with Crippen LogP contribution in [0.1, 0.15) is 30.5 Å².